The summed E-state index contributed by atoms with van der Waals surface area (Å²) in [4.78, 5) is 14.2. The Morgan fingerprint density at radius 3 is 2.47 bits per heavy atom. The Morgan fingerprint density at radius 2 is 1.69 bits per heavy atom. The second-order valence-electron chi connectivity index (χ2n) is 8.13. The molecule has 1 aliphatic rings. The predicted octanol–water partition coefficient (Wildman–Crippen LogP) is 4.80. The van der Waals surface area contributed by atoms with Gasteiger partial charge in [0.1, 0.15) is 5.75 Å². The van der Waals surface area contributed by atoms with Gasteiger partial charge in [0.15, 0.2) is 0 Å². The maximum Gasteiger partial charge on any atom is 0.227 e. The van der Waals surface area contributed by atoms with Crippen LogP contribution in [-0.2, 0) is 0 Å². The van der Waals surface area contributed by atoms with E-state index in [-0.39, 0.29) is 0 Å². The molecule has 1 aliphatic heterocycles. The van der Waals surface area contributed by atoms with Crippen molar-refractivity contribution in [2.45, 2.75) is 0 Å². The second kappa shape index (κ2) is 8.85. The smallest absolute Gasteiger partial charge is 0.227 e. The molecule has 0 radical (unpaired) electrons. The molecule has 0 bridgehead atoms. The van der Waals surface area contributed by atoms with Gasteiger partial charge in [-0.2, -0.15) is 0 Å². The fraction of sp³-hybridized carbons (Fsp3) is 0.231. The number of nitrogens with one attached hydrogen (secondary N) is 1. The molecule has 2 heterocycles. The number of likely N-dealkylation sites (N-methyl/N-ethyl adjacent to an activating group) is 1. The number of rotatable bonds is 5. The Labute approximate surface area is 188 Å². The van der Waals surface area contributed by atoms with Crippen LogP contribution in [0.15, 0.2) is 72.9 Å². The highest BCUT2D eigenvalue weighted by Gasteiger charge is 2.14. The van der Waals surface area contributed by atoms with Gasteiger partial charge in [-0.1, -0.05) is 30.3 Å². The van der Waals surface area contributed by atoms with Crippen LogP contribution in [0.3, 0.4) is 0 Å². The molecule has 162 valence electrons. The van der Waals surface area contributed by atoms with Crippen LogP contribution in [0, 0.1) is 0 Å². The molecule has 0 unspecified atom stereocenters. The minimum atomic E-state index is 0.597. The molecule has 1 N–H and O–H groups in total. The average Bonchev–Trinajstić information content (AvgIpc) is 2.84. The predicted molar refractivity (Wildman–Crippen MR) is 131 cm³/mol. The monoisotopic (exact) mass is 425 g/mol. The van der Waals surface area contributed by atoms with Crippen LogP contribution < -0.4 is 15.0 Å². The molecule has 1 aromatic heterocycles. The highest BCUT2D eigenvalue weighted by Crippen LogP contribution is 2.30. The summed E-state index contributed by atoms with van der Waals surface area (Å²) >= 11 is 0. The summed E-state index contributed by atoms with van der Waals surface area (Å²) in [6.07, 6.45) is 1.90. The molecule has 6 nitrogen and oxygen atoms in total. The normalized spacial score (nSPS) is 14.5. The number of hydrogen-bond acceptors (Lipinski definition) is 6. The number of methoxy groups -OCH3 is 1. The van der Waals surface area contributed by atoms with Gasteiger partial charge in [0, 0.05) is 49.1 Å². The third-order valence-electron chi connectivity index (χ3n) is 6.00. The van der Waals surface area contributed by atoms with E-state index in [9.17, 15) is 0 Å². The van der Waals surface area contributed by atoms with Gasteiger partial charge < -0.3 is 19.9 Å². The summed E-state index contributed by atoms with van der Waals surface area (Å²) in [7, 11) is 3.85. The van der Waals surface area contributed by atoms with E-state index >= 15 is 0 Å². The number of fused-ring (bicyclic) bond motifs is 1. The first-order chi connectivity index (χ1) is 15.7. The number of benzene rings is 3. The van der Waals surface area contributed by atoms with Crippen molar-refractivity contribution in [1.29, 1.82) is 0 Å². The van der Waals surface area contributed by atoms with Crippen LogP contribution in [0.25, 0.3) is 22.0 Å². The molecular formula is C26H27N5O. The Hall–Kier alpha value is -3.64. The van der Waals surface area contributed by atoms with Gasteiger partial charge in [-0.3, -0.25) is 0 Å². The number of anilines is 3. The number of hydrogen-bond donors (Lipinski definition) is 1. The summed E-state index contributed by atoms with van der Waals surface area (Å²) in [6.45, 7) is 4.26. The summed E-state index contributed by atoms with van der Waals surface area (Å²) in [5.41, 5.74) is 5.35. The van der Waals surface area contributed by atoms with Gasteiger partial charge in [-0.05, 0) is 54.6 Å². The van der Waals surface area contributed by atoms with Crippen LogP contribution in [0.2, 0.25) is 0 Å². The van der Waals surface area contributed by atoms with Crippen LogP contribution in [0.1, 0.15) is 0 Å². The van der Waals surface area contributed by atoms with Gasteiger partial charge in [-0.15, -0.1) is 0 Å². The van der Waals surface area contributed by atoms with Gasteiger partial charge in [0.2, 0.25) is 5.95 Å². The van der Waals surface area contributed by atoms with E-state index in [1.54, 1.807) is 7.11 Å². The van der Waals surface area contributed by atoms with Crippen molar-refractivity contribution in [1.82, 2.24) is 14.9 Å². The molecule has 6 heteroatoms. The summed E-state index contributed by atoms with van der Waals surface area (Å²) in [6, 6.07) is 22.7. The lowest BCUT2D eigenvalue weighted by Gasteiger charge is -2.34. The SMILES string of the molecule is COc1ccc(-c2cccc3nc(Nc4cccc(N5CCN(C)CC5)c4)ncc23)cc1. The van der Waals surface area contributed by atoms with E-state index in [0.717, 1.165) is 59.6 Å². The molecular weight excluding hydrogens is 398 g/mol. The van der Waals surface area contributed by atoms with Gasteiger partial charge in [0.25, 0.3) is 0 Å². The minimum Gasteiger partial charge on any atom is -0.497 e. The summed E-state index contributed by atoms with van der Waals surface area (Å²) in [5.74, 6) is 1.44. The van der Waals surface area contributed by atoms with E-state index in [1.165, 1.54) is 5.69 Å². The van der Waals surface area contributed by atoms with Crippen molar-refractivity contribution in [2.75, 3.05) is 50.6 Å². The third-order valence-corrected chi connectivity index (χ3v) is 6.00. The molecule has 5 rings (SSSR count). The van der Waals surface area contributed by atoms with Crippen LogP contribution in [0.4, 0.5) is 17.3 Å². The van der Waals surface area contributed by atoms with Gasteiger partial charge >= 0.3 is 0 Å². The lowest BCUT2D eigenvalue weighted by molar-refractivity contribution is 0.313. The van der Waals surface area contributed by atoms with E-state index < -0.39 is 0 Å². The zero-order valence-electron chi connectivity index (χ0n) is 18.5. The quantitative estimate of drug-likeness (QED) is 0.496. The molecule has 32 heavy (non-hydrogen) atoms. The Morgan fingerprint density at radius 1 is 0.906 bits per heavy atom. The van der Waals surface area contributed by atoms with Gasteiger partial charge in [-0.25, -0.2) is 9.97 Å². The van der Waals surface area contributed by atoms with Crippen LogP contribution >= 0.6 is 0 Å². The van der Waals surface area contributed by atoms with Crippen molar-refractivity contribution in [3.8, 4) is 16.9 Å². The average molecular weight is 426 g/mol. The molecule has 0 spiro atoms. The first-order valence-corrected chi connectivity index (χ1v) is 10.9. The summed E-state index contributed by atoms with van der Waals surface area (Å²) < 4.78 is 5.28. The lowest BCUT2D eigenvalue weighted by atomic mass is 10.0. The van der Waals surface area contributed by atoms with Crippen molar-refractivity contribution in [2.24, 2.45) is 0 Å². The van der Waals surface area contributed by atoms with Crippen LogP contribution in [-0.4, -0.2) is 55.2 Å². The Balaban J connectivity index is 1.39. The fourth-order valence-electron chi connectivity index (χ4n) is 4.11. The highest BCUT2D eigenvalue weighted by atomic mass is 16.5. The summed E-state index contributed by atoms with van der Waals surface area (Å²) in [5, 5.41) is 4.41. The number of ether oxygens (including phenoxy) is 1. The number of nitrogens with zero attached hydrogens (tertiary/aromatic N) is 4. The maximum atomic E-state index is 5.28. The molecule has 0 atom stereocenters. The second-order valence-corrected chi connectivity index (χ2v) is 8.13. The third kappa shape index (κ3) is 4.22. The molecule has 0 aliphatic carbocycles. The molecule has 3 aromatic carbocycles. The first kappa shape index (κ1) is 20.3. The molecule has 1 saturated heterocycles. The highest BCUT2D eigenvalue weighted by molar-refractivity contribution is 5.94. The topological polar surface area (TPSA) is 53.5 Å². The zero-order chi connectivity index (χ0) is 21.9. The number of aromatic nitrogens is 2. The minimum absolute atomic E-state index is 0.597. The molecule has 4 aromatic rings. The van der Waals surface area contributed by atoms with Crippen molar-refractivity contribution < 1.29 is 4.74 Å². The maximum absolute atomic E-state index is 5.28. The first-order valence-electron chi connectivity index (χ1n) is 10.9. The Bertz CT molecular complexity index is 1220. The van der Waals surface area contributed by atoms with E-state index in [0.29, 0.717) is 5.95 Å². The standard InChI is InChI=1S/C26H27N5O/c1-30-13-15-31(16-14-30)21-6-3-5-20(17-21)28-26-27-18-24-23(7-4-8-25(24)29-26)19-9-11-22(32-2)12-10-19/h3-12,17-18H,13-16H2,1-2H3,(H,27,28,29). The van der Waals surface area contributed by atoms with E-state index in [4.69, 9.17) is 9.72 Å². The van der Waals surface area contributed by atoms with Crippen LogP contribution in [0.5, 0.6) is 5.75 Å². The Kier molecular flexibility index (Phi) is 5.60. The van der Waals surface area contributed by atoms with Gasteiger partial charge in [0.05, 0.1) is 12.6 Å². The molecule has 0 saturated carbocycles. The van der Waals surface area contributed by atoms with Crippen molar-refractivity contribution >= 4 is 28.2 Å². The largest absolute Gasteiger partial charge is 0.497 e. The lowest BCUT2D eigenvalue weighted by Crippen LogP contribution is -2.44. The fourth-order valence-corrected chi connectivity index (χ4v) is 4.11. The van der Waals surface area contributed by atoms with E-state index in [1.807, 2.05) is 30.5 Å². The van der Waals surface area contributed by atoms with E-state index in [2.05, 4.69) is 69.6 Å². The zero-order valence-corrected chi connectivity index (χ0v) is 18.5. The van der Waals surface area contributed by atoms with Crippen molar-refractivity contribution in [3.63, 3.8) is 0 Å². The van der Waals surface area contributed by atoms with Crippen molar-refractivity contribution in [3.05, 3.63) is 72.9 Å². The number of piperazine rings is 1. The molecule has 1 fully saturated rings. The molecule has 0 amide bonds.